The first-order chi connectivity index (χ1) is 8.29. The molecule has 0 atom stereocenters. The van der Waals surface area contributed by atoms with Crippen LogP contribution in [-0.2, 0) is 6.54 Å². The number of hydrogen-bond donors (Lipinski definition) is 2. The molecular formula is C9H11N7O. The fraction of sp³-hybridized carbons (Fsp3) is 0.222. The maximum atomic E-state index is 11.7. The summed E-state index contributed by atoms with van der Waals surface area (Å²) in [7, 11) is 0. The number of nitrogens with zero attached hydrogens (tertiary/aromatic N) is 5. The van der Waals surface area contributed by atoms with Gasteiger partial charge in [-0.15, -0.1) is 5.10 Å². The van der Waals surface area contributed by atoms with Crippen molar-refractivity contribution in [2.45, 2.75) is 6.54 Å². The standard InChI is InChI=1S/C9H11N7O/c10-1-2-16-5-8(14-15-16)9(17)13-7-3-11-6-12-4-7/h3-6H,1-2,10H2,(H,13,17). The van der Waals surface area contributed by atoms with Crippen molar-refractivity contribution in [1.82, 2.24) is 25.0 Å². The second-order valence-electron chi connectivity index (χ2n) is 3.24. The summed E-state index contributed by atoms with van der Waals surface area (Å²) in [5, 5.41) is 10.1. The monoisotopic (exact) mass is 233 g/mol. The van der Waals surface area contributed by atoms with E-state index in [9.17, 15) is 4.79 Å². The fourth-order valence-corrected chi connectivity index (χ4v) is 1.20. The molecule has 8 heteroatoms. The Hall–Kier alpha value is -2.35. The van der Waals surface area contributed by atoms with E-state index in [1.165, 1.54) is 29.6 Å². The van der Waals surface area contributed by atoms with Crippen LogP contribution in [0.2, 0.25) is 0 Å². The normalized spacial score (nSPS) is 10.2. The van der Waals surface area contributed by atoms with Gasteiger partial charge in [0.2, 0.25) is 0 Å². The molecule has 3 N–H and O–H groups in total. The van der Waals surface area contributed by atoms with Crippen LogP contribution in [-0.4, -0.2) is 37.4 Å². The van der Waals surface area contributed by atoms with Gasteiger partial charge in [-0.2, -0.15) is 0 Å². The van der Waals surface area contributed by atoms with E-state index in [0.717, 1.165) is 0 Å². The van der Waals surface area contributed by atoms with E-state index in [-0.39, 0.29) is 11.6 Å². The zero-order chi connectivity index (χ0) is 12.1. The number of anilines is 1. The topological polar surface area (TPSA) is 112 Å². The number of hydrogen-bond acceptors (Lipinski definition) is 6. The number of rotatable bonds is 4. The number of nitrogens with one attached hydrogen (secondary N) is 1. The zero-order valence-electron chi connectivity index (χ0n) is 8.95. The van der Waals surface area contributed by atoms with Gasteiger partial charge >= 0.3 is 0 Å². The van der Waals surface area contributed by atoms with Crippen LogP contribution in [0, 0.1) is 0 Å². The molecule has 8 nitrogen and oxygen atoms in total. The van der Waals surface area contributed by atoms with Crippen LogP contribution >= 0.6 is 0 Å². The first kappa shape index (κ1) is 11.1. The van der Waals surface area contributed by atoms with Crippen LogP contribution in [0.4, 0.5) is 5.69 Å². The molecule has 0 aliphatic carbocycles. The van der Waals surface area contributed by atoms with E-state index in [2.05, 4.69) is 25.6 Å². The minimum absolute atomic E-state index is 0.224. The van der Waals surface area contributed by atoms with Crippen molar-refractivity contribution in [2.75, 3.05) is 11.9 Å². The molecule has 0 radical (unpaired) electrons. The van der Waals surface area contributed by atoms with Gasteiger partial charge in [0.1, 0.15) is 6.33 Å². The Kier molecular flexibility index (Phi) is 3.36. The first-order valence-corrected chi connectivity index (χ1v) is 4.96. The Labute approximate surface area is 96.9 Å². The summed E-state index contributed by atoms with van der Waals surface area (Å²) in [4.78, 5) is 19.3. The molecule has 0 saturated carbocycles. The van der Waals surface area contributed by atoms with Gasteiger partial charge in [0, 0.05) is 6.54 Å². The lowest BCUT2D eigenvalue weighted by Gasteiger charge is -1.99. The summed E-state index contributed by atoms with van der Waals surface area (Å²) in [5.41, 5.74) is 6.09. The second kappa shape index (κ2) is 5.12. The van der Waals surface area contributed by atoms with E-state index in [4.69, 9.17) is 5.73 Å². The molecule has 0 bridgehead atoms. The molecule has 0 fully saturated rings. The van der Waals surface area contributed by atoms with E-state index in [1.54, 1.807) is 0 Å². The van der Waals surface area contributed by atoms with Crippen molar-refractivity contribution in [3.05, 3.63) is 30.6 Å². The minimum atomic E-state index is -0.358. The van der Waals surface area contributed by atoms with Crippen molar-refractivity contribution in [2.24, 2.45) is 5.73 Å². The van der Waals surface area contributed by atoms with Crippen LogP contribution in [0.25, 0.3) is 0 Å². The SMILES string of the molecule is NCCn1cc(C(=O)Nc2cncnc2)nn1. The third-order valence-corrected chi connectivity index (χ3v) is 1.95. The number of nitrogens with two attached hydrogens (primary N) is 1. The third kappa shape index (κ3) is 2.82. The average molecular weight is 233 g/mol. The lowest BCUT2D eigenvalue weighted by atomic mass is 10.4. The van der Waals surface area contributed by atoms with E-state index < -0.39 is 0 Å². The Morgan fingerprint density at radius 2 is 2.18 bits per heavy atom. The molecule has 0 aromatic carbocycles. The highest BCUT2D eigenvalue weighted by atomic mass is 16.2. The van der Waals surface area contributed by atoms with Gasteiger partial charge in [-0.3, -0.25) is 9.48 Å². The van der Waals surface area contributed by atoms with Crippen molar-refractivity contribution < 1.29 is 4.79 Å². The predicted molar refractivity (Wildman–Crippen MR) is 59.1 cm³/mol. The summed E-state index contributed by atoms with van der Waals surface area (Å²) >= 11 is 0. The summed E-state index contributed by atoms with van der Waals surface area (Å²) in [5.74, 6) is -0.358. The van der Waals surface area contributed by atoms with Gasteiger partial charge in [-0.25, -0.2) is 9.97 Å². The van der Waals surface area contributed by atoms with Gasteiger partial charge in [0.15, 0.2) is 5.69 Å². The van der Waals surface area contributed by atoms with Gasteiger partial charge in [-0.05, 0) is 0 Å². The smallest absolute Gasteiger partial charge is 0.277 e. The quantitative estimate of drug-likeness (QED) is 0.720. The first-order valence-electron chi connectivity index (χ1n) is 4.96. The summed E-state index contributed by atoms with van der Waals surface area (Å²) in [6, 6.07) is 0. The van der Waals surface area contributed by atoms with Crippen molar-refractivity contribution >= 4 is 11.6 Å². The summed E-state index contributed by atoms with van der Waals surface area (Å²) < 4.78 is 1.51. The highest BCUT2D eigenvalue weighted by Crippen LogP contribution is 2.03. The number of aromatic nitrogens is 5. The Morgan fingerprint density at radius 3 is 2.88 bits per heavy atom. The molecule has 0 unspecified atom stereocenters. The minimum Gasteiger partial charge on any atom is -0.329 e. The maximum absolute atomic E-state index is 11.7. The number of carbonyl (C=O) groups excluding carboxylic acids is 1. The van der Waals surface area contributed by atoms with Gasteiger partial charge in [0.05, 0.1) is 30.8 Å². The highest BCUT2D eigenvalue weighted by molar-refractivity contribution is 6.02. The lowest BCUT2D eigenvalue weighted by Crippen LogP contribution is -2.13. The fourth-order valence-electron chi connectivity index (χ4n) is 1.20. The average Bonchev–Trinajstić information content (AvgIpc) is 2.79. The third-order valence-electron chi connectivity index (χ3n) is 1.95. The molecule has 0 aliphatic rings. The molecule has 88 valence electrons. The van der Waals surface area contributed by atoms with Crippen LogP contribution < -0.4 is 11.1 Å². The summed E-state index contributed by atoms with van der Waals surface area (Å²) in [6.07, 6.45) is 5.91. The molecule has 1 amide bonds. The largest absolute Gasteiger partial charge is 0.329 e. The molecule has 0 saturated heterocycles. The second-order valence-corrected chi connectivity index (χ2v) is 3.24. The van der Waals surface area contributed by atoms with Crippen molar-refractivity contribution in [3.63, 3.8) is 0 Å². The van der Waals surface area contributed by atoms with Crippen molar-refractivity contribution in [1.29, 1.82) is 0 Å². The molecule has 0 aliphatic heterocycles. The maximum Gasteiger partial charge on any atom is 0.277 e. The highest BCUT2D eigenvalue weighted by Gasteiger charge is 2.10. The molecular weight excluding hydrogens is 222 g/mol. The Morgan fingerprint density at radius 1 is 1.41 bits per heavy atom. The van der Waals surface area contributed by atoms with Crippen LogP contribution in [0.5, 0.6) is 0 Å². The van der Waals surface area contributed by atoms with E-state index in [0.29, 0.717) is 18.8 Å². The van der Waals surface area contributed by atoms with Crippen LogP contribution in [0.15, 0.2) is 24.9 Å². The Balaban J connectivity index is 2.04. The van der Waals surface area contributed by atoms with E-state index >= 15 is 0 Å². The van der Waals surface area contributed by atoms with E-state index in [1.807, 2.05) is 0 Å². The van der Waals surface area contributed by atoms with Gasteiger partial charge in [-0.1, -0.05) is 5.21 Å². The van der Waals surface area contributed by atoms with Crippen LogP contribution in [0.3, 0.4) is 0 Å². The van der Waals surface area contributed by atoms with Gasteiger partial charge in [0.25, 0.3) is 5.91 Å². The number of amides is 1. The lowest BCUT2D eigenvalue weighted by molar-refractivity contribution is 0.102. The Bertz CT molecular complexity index is 495. The molecule has 2 aromatic heterocycles. The van der Waals surface area contributed by atoms with Crippen molar-refractivity contribution in [3.8, 4) is 0 Å². The molecule has 0 spiro atoms. The summed E-state index contributed by atoms with van der Waals surface area (Å²) in [6.45, 7) is 0.964. The molecule has 2 rings (SSSR count). The molecule has 17 heavy (non-hydrogen) atoms. The molecule has 2 aromatic rings. The van der Waals surface area contributed by atoms with Gasteiger partial charge < -0.3 is 11.1 Å². The van der Waals surface area contributed by atoms with Crippen LogP contribution in [0.1, 0.15) is 10.5 Å². The molecule has 2 heterocycles. The predicted octanol–water partition coefficient (Wildman–Crippen LogP) is -0.721. The number of carbonyl (C=O) groups is 1. The zero-order valence-corrected chi connectivity index (χ0v) is 8.95.